The van der Waals surface area contributed by atoms with Crippen molar-refractivity contribution in [1.29, 1.82) is 0 Å². The molecular formula is C50H99NO5. The van der Waals surface area contributed by atoms with E-state index >= 15 is 0 Å². The first-order chi connectivity index (χ1) is 27.3. The summed E-state index contributed by atoms with van der Waals surface area (Å²) in [5.41, 5.74) is 0.0234. The Balaban J connectivity index is 4.30. The van der Waals surface area contributed by atoms with Gasteiger partial charge in [0.2, 0.25) is 0 Å². The largest absolute Gasteiger partial charge is 0.465 e. The van der Waals surface area contributed by atoms with Gasteiger partial charge in [-0.25, -0.2) is 0 Å². The second-order valence-corrected chi connectivity index (χ2v) is 18.2. The van der Waals surface area contributed by atoms with Crippen LogP contribution in [0.2, 0.25) is 0 Å². The van der Waals surface area contributed by atoms with E-state index in [4.69, 9.17) is 9.47 Å². The van der Waals surface area contributed by atoms with Gasteiger partial charge in [0.25, 0.3) is 0 Å². The maximum Gasteiger partial charge on any atom is 0.306 e. The SMILES string of the molecule is CCCCCCCCCC(=O)OCC(C)(C)CCCCCN(CCCCO)CCCCCCCC(=O)OC(CCCCCCCCC)CCCCCCCCC. The molecule has 0 amide bonds. The highest BCUT2D eigenvalue weighted by molar-refractivity contribution is 5.69. The van der Waals surface area contributed by atoms with Crippen LogP contribution in [0, 0.1) is 5.41 Å². The molecule has 0 unspecified atom stereocenters. The number of carbonyl (C=O) groups is 2. The van der Waals surface area contributed by atoms with Gasteiger partial charge >= 0.3 is 11.9 Å². The van der Waals surface area contributed by atoms with E-state index in [2.05, 4.69) is 39.5 Å². The van der Waals surface area contributed by atoms with Crippen molar-refractivity contribution in [2.75, 3.05) is 32.8 Å². The van der Waals surface area contributed by atoms with E-state index in [0.717, 1.165) is 83.8 Å². The smallest absolute Gasteiger partial charge is 0.306 e. The second-order valence-electron chi connectivity index (χ2n) is 18.2. The third-order valence-electron chi connectivity index (χ3n) is 11.7. The molecule has 0 fully saturated rings. The lowest BCUT2D eigenvalue weighted by molar-refractivity contribution is -0.150. The van der Waals surface area contributed by atoms with Crippen molar-refractivity contribution in [2.24, 2.45) is 5.41 Å². The molecule has 0 spiro atoms. The van der Waals surface area contributed by atoms with Crippen LogP contribution in [0.5, 0.6) is 0 Å². The Bertz CT molecular complexity index is 814. The fourth-order valence-corrected chi connectivity index (χ4v) is 7.85. The Labute approximate surface area is 350 Å². The molecule has 0 aromatic rings. The summed E-state index contributed by atoms with van der Waals surface area (Å²) in [5, 5.41) is 9.33. The highest BCUT2D eigenvalue weighted by atomic mass is 16.5. The molecule has 0 aliphatic heterocycles. The zero-order valence-corrected chi connectivity index (χ0v) is 38.6. The first-order valence-corrected chi connectivity index (χ1v) is 25.0. The molecule has 0 saturated heterocycles. The van der Waals surface area contributed by atoms with Gasteiger partial charge < -0.3 is 19.5 Å². The summed E-state index contributed by atoms with van der Waals surface area (Å²) in [5.74, 6) is -0.00125. The number of nitrogens with zero attached hydrogens (tertiary/aromatic N) is 1. The molecule has 0 aromatic carbocycles. The number of ether oxygens (including phenoxy) is 2. The molecule has 0 atom stereocenters. The minimum absolute atomic E-state index is 0.0234. The summed E-state index contributed by atoms with van der Waals surface area (Å²) in [6.07, 6.45) is 42.3. The Morgan fingerprint density at radius 1 is 0.482 bits per heavy atom. The van der Waals surface area contributed by atoms with Gasteiger partial charge in [0.05, 0.1) is 6.61 Å². The van der Waals surface area contributed by atoms with Gasteiger partial charge in [-0.05, 0) is 95.7 Å². The molecule has 0 aliphatic rings. The number of esters is 2. The lowest BCUT2D eigenvalue weighted by atomic mass is 9.88. The number of unbranched alkanes of at least 4 members (excludes halogenated alkanes) is 25. The van der Waals surface area contributed by atoms with E-state index in [1.54, 1.807) is 0 Å². The summed E-state index contributed by atoms with van der Waals surface area (Å²) < 4.78 is 11.8. The van der Waals surface area contributed by atoms with E-state index < -0.39 is 0 Å². The van der Waals surface area contributed by atoms with Crippen molar-refractivity contribution >= 4 is 11.9 Å². The van der Waals surface area contributed by atoms with Crippen molar-refractivity contribution in [1.82, 2.24) is 4.90 Å². The quantitative estimate of drug-likeness (QED) is 0.0489. The average Bonchev–Trinajstić information content (AvgIpc) is 3.18. The number of hydrogen-bond donors (Lipinski definition) is 1. The number of rotatable bonds is 45. The van der Waals surface area contributed by atoms with Crippen molar-refractivity contribution in [3.05, 3.63) is 0 Å². The van der Waals surface area contributed by atoms with E-state index in [-0.39, 0.29) is 30.1 Å². The van der Waals surface area contributed by atoms with Gasteiger partial charge in [-0.2, -0.15) is 0 Å². The first-order valence-electron chi connectivity index (χ1n) is 25.0. The van der Waals surface area contributed by atoms with E-state index in [0.29, 0.717) is 19.4 Å². The van der Waals surface area contributed by atoms with Crippen LogP contribution in [0.25, 0.3) is 0 Å². The molecule has 0 aliphatic carbocycles. The Hall–Kier alpha value is -1.14. The van der Waals surface area contributed by atoms with Crippen LogP contribution in [0.3, 0.4) is 0 Å². The van der Waals surface area contributed by atoms with E-state index in [1.165, 1.54) is 154 Å². The molecular weight excluding hydrogens is 695 g/mol. The Morgan fingerprint density at radius 3 is 1.32 bits per heavy atom. The van der Waals surface area contributed by atoms with Gasteiger partial charge in [0.15, 0.2) is 0 Å². The van der Waals surface area contributed by atoms with Gasteiger partial charge in [-0.3, -0.25) is 9.59 Å². The lowest BCUT2D eigenvalue weighted by Gasteiger charge is -2.25. The molecule has 334 valence electrons. The molecule has 0 rings (SSSR count). The molecule has 56 heavy (non-hydrogen) atoms. The van der Waals surface area contributed by atoms with Crippen LogP contribution in [0.1, 0.15) is 266 Å². The van der Waals surface area contributed by atoms with Gasteiger partial charge in [0.1, 0.15) is 6.10 Å². The number of aliphatic hydroxyl groups is 1. The van der Waals surface area contributed by atoms with Crippen molar-refractivity contribution in [2.45, 2.75) is 272 Å². The van der Waals surface area contributed by atoms with Crippen LogP contribution in [0.4, 0.5) is 0 Å². The van der Waals surface area contributed by atoms with Crippen LogP contribution < -0.4 is 0 Å². The number of hydrogen-bond acceptors (Lipinski definition) is 6. The van der Waals surface area contributed by atoms with Crippen molar-refractivity contribution in [3.63, 3.8) is 0 Å². The standard InChI is InChI=1S/C50H99NO5/c1-6-9-12-15-18-22-28-37-47(38-29-23-19-16-13-10-7-2)56-49(54)40-31-25-21-26-33-42-51(44-35-36-45-52)43-34-27-32-41-50(4,5)46-55-48(53)39-30-24-20-17-14-11-8-3/h47,52H,6-46H2,1-5H3. The van der Waals surface area contributed by atoms with Crippen LogP contribution in [-0.2, 0) is 19.1 Å². The van der Waals surface area contributed by atoms with Crippen LogP contribution in [0.15, 0.2) is 0 Å². The molecule has 1 N–H and O–H groups in total. The lowest BCUT2D eigenvalue weighted by Crippen LogP contribution is -2.27. The first kappa shape index (κ1) is 54.9. The van der Waals surface area contributed by atoms with Crippen molar-refractivity contribution < 1.29 is 24.2 Å². The molecule has 0 bridgehead atoms. The zero-order valence-electron chi connectivity index (χ0n) is 38.6. The molecule has 0 aromatic heterocycles. The second kappa shape index (κ2) is 42.0. The highest BCUT2D eigenvalue weighted by Gasteiger charge is 2.20. The molecule has 0 heterocycles. The molecule has 0 radical (unpaired) electrons. The zero-order chi connectivity index (χ0) is 41.2. The van der Waals surface area contributed by atoms with Gasteiger partial charge in [-0.1, -0.05) is 182 Å². The summed E-state index contributed by atoms with van der Waals surface area (Å²) in [6.45, 7) is 15.3. The monoisotopic (exact) mass is 794 g/mol. The minimum atomic E-state index is -0.0282. The van der Waals surface area contributed by atoms with Gasteiger partial charge in [-0.15, -0.1) is 0 Å². The number of aliphatic hydroxyl groups excluding tert-OH is 1. The predicted octanol–water partition coefficient (Wildman–Crippen LogP) is 14.9. The Morgan fingerprint density at radius 2 is 0.857 bits per heavy atom. The third-order valence-corrected chi connectivity index (χ3v) is 11.7. The van der Waals surface area contributed by atoms with Crippen LogP contribution >= 0.6 is 0 Å². The van der Waals surface area contributed by atoms with E-state index in [9.17, 15) is 14.7 Å². The maximum atomic E-state index is 12.8. The summed E-state index contributed by atoms with van der Waals surface area (Å²) in [6, 6.07) is 0. The summed E-state index contributed by atoms with van der Waals surface area (Å²) >= 11 is 0. The maximum absolute atomic E-state index is 12.8. The Kier molecular flexibility index (Phi) is 41.1. The third kappa shape index (κ3) is 39.7. The average molecular weight is 794 g/mol. The summed E-state index contributed by atoms with van der Waals surface area (Å²) in [7, 11) is 0. The van der Waals surface area contributed by atoms with E-state index in [1.807, 2.05) is 0 Å². The van der Waals surface area contributed by atoms with Gasteiger partial charge in [0, 0.05) is 19.4 Å². The molecule has 0 saturated carbocycles. The normalized spacial score (nSPS) is 11.9. The number of carbonyl (C=O) groups excluding carboxylic acids is 2. The van der Waals surface area contributed by atoms with Crippen molar-refractivity contribution in [3.8, 4) is 0 Å². The molecule has 6 nitrogen and oxygen atoms in total. The predicted molar refractivity (Wildman–Crippen MR) is 241 cm³/mol. The summed E-state index contributed by atoms with van der Waals surface area (Å²) in [4.78, 5) is 27.7. The highest BCUT2D eigenvalue weighted by Crippen LogP contribution is 2.25. The fraction of sp³-hybridized carbons (Fsp3) is 0.960. The topological polar surface area (TPSA) is 76.1 Å². The fourth-order valence-electron chi connectivity index (χ4n) is 7.85. The molecule has 6 heteroatoms. The van der Waals surface area contributed by atoms with Crippen LogP contribution in [-0.4, -0.2) is 60.9 Å². The minimum Gasteiger partial charge on any atom is -0.465 e.